The van der Waals surface area contributed by atoms with Gasteiger partial charge in [-0.3, -0.25) is 4.79 Å². The molecule has 1 saturated heterocycles. The SMILES string of the molecule is CCCC1CCCC2CCNC(=O)C12. The van der Waals surface area contributed by atoms with Crippen LogP contribution in [0.3, 0.4) is 0 Å². The van der Waals surface area contributed by atoms with Crippen LogP contribution < -0.4 is 5.32 Å². The van der Waals surface area contributed by atoms with Gasteiger partial charge in [0, 0.05) is 12.5 Å². The van der Waals surface area contributed by atoms with Gasteiger partial charge in [-0.1, -0.05) is 19.8 Å². The fourth-order valence-corrected chi connectivity index (χ4v) is 3.33. The molecule has 1 N–H and O–H groups in total. The third kappa shape index (κ3) is 1.79. The lowest BCUT2D eigenvalue weighted by molar-refractivity contribution is -0.132. The number of hydrogen-bond acceptors (Lipinski definition) is 1. The zero-order chi connectivity index (χ0) is 9.97. The summed E-state index contributed by atoms with van der Waals surface area (Å²) < 4.78 is 0. The van der Waals surface area contributed by atoms with Crippen molar-refractivity contribution >= 4 is 5.91 Å². The van der Waals surface area contributed by atoms with Crippen molar-refractivity contribution < 1.29 is 4.79 Å². The summed E-state index contributed by atoms with van der Waals surface area (Å²) >= 11 is 0. The largest absolute Gasteiger partial charge is 0.356 e. The number of piperidine rings is 1. The van der Waals surface area contributed by atoms with Crippen LogP contribution in [0.5, 0.6) is 0 Å². The minimum Gasteiger partial charge on any atom is -0.356 e. The molecule has 80 valence electrons. The van der Waals surface area contributed by atoms with Gasteiger partial charge in [-0.15, -0.1) is 0 Å². The second-order valence-electron chi connectivity index (χ2n) is 4.85. The molecular weight excluding hydrogens is 174 g/mol. The second kappa shape index (κ2) is 4.33. The highest BCUT2D eigenvalue weighted by Crippen LogP contribution is 2.40. The lowest BCUT2D eigenvalue weighted by Gasteiger charge is -2.40. The first-order chi connectivity index (χ1) is 6.83. The van der Waals surface area contributed by atoms with E-state index < -0.39 is 0 Å². The average molecular weight is 195 g/mol. The maximum Gasteiger partial charge on any atom is 0.223 e. The molecule has 14 heavy (non-hydrogen) atoms. The minimum atomic E-state index is 0.347. The van der Waals surface area contributed by atoms with Gasteiger partial charge in [0.2, 0.25) is 5.91 Å². The van der Waals surface area contributed by atoms with Crippen molar-refractivity contribution in [3.63, 3.8) is 0 Å². The van der Waals surface area contributed by atoms with Gasteiger partial charge < -0.3 is 5.32 Å². The zero-order valence-electron chi connectivity index (χ0n) is 9.09. The molecule has 0 spiro atoms. The molecule has 1 aliphatic carbocycles. The van der Waals surface area contributed by atoms with E-state index in [1.165, 1.54) is 38.5 Å². The van der Waals surface area contributed by atoms with Crippen LogP contribution in [-0.4, -0.2) is 12.5 Å². The van der Waals surface area contributed by atoms with Crippen molar-refractivity contribution in [2.75, 3.05) is 6.54 Å². The fourth-order valence-electron chi connectivity index (χ4n) is 3.33. The van der Waals surface area contributed by atoms with Gasteiger partial charge in [0.1, 0.15) is 0 Å². The van der Waals surface area contributed by atoms with Crippen LogP contribution >= 0.6 is 0 Å². The van der Waals surface area contributed by atoms with E-state index in [2.05, 4.69) is 12.2 Å². The zero-order valence-corrected chi connectivity index (χ0v) is 9.09. The lowest BCUT2D eigenvalue weighted by Crippen LogP contribution is -2.47. The van der Waals surface area contributed by atoms with Gasteiger partial charge in [0.25, 0.3) is 0 Å². The molecule has 1 amide bonds. The fraction of sp³-hybridized carbons (Fsp3) is 0.917. The van der Waals surface area contributed by atoms with Crippen LogP contribution in [-0.2, 0) is 4.79 Å². The topological polar surface area (TPSA) is 29.1 Å². The van der Waals surface area contributed by atoms with Crippen molar-refractivity contribution in [2.24, 2.45) is 17.8 Å². The van der Waals surface area contributed by atoms with Gasteiger partial charge in [0.05, 0.1) is 0 Å². The van der Waals surface area contributed by atoms with Crippen LogP contribution in [0.1, 0.15) is 45.4 Å². The number of carbonyl (C=O) groups excluding carboxylic acids is 1. The van der Waals surface area contributed by atoms with Gasteiger partial charge in [-0.25, -0.2) is 0 Å². The van der Waals surface area contributed by atoms with Crippen molar-refractivity contribution in [3.8, 4) is 0 Å². The Morgan fingerprint density at radius 3 is 3.00 bits per heavy atom. The minimum absolute atomic E-state index is 0.347. The van der Waals surface area contributed by atoms with Gasteiger partial charge in [0.15, 0.2) is 0 Å². The van der Waals surface area contributed by atoms with E-state index in [-0.39, 0.29) is 0 Å². The Bertz CT molecular complexity index is 210. The summed E-state index contributed by atoms with van der Waals surface area (Å²) in [4.78, 5) is 11.8. The monoisotopic (exact) mass is 195 g/mol. The average Bonchev–Trinajstić information content (AvgIpc) is 2.19. The first-order valence-electron chi connectivity index (χ1n) is 6.10. The summed E-state index contributed by atoms with van der Waals surface area (Å²) in [7, 11) is 0. The van der Waals surface area contributed by atoms with Gasteiger partial charge in [-0.2, -0.15) is 0 Å². The standard InChI is InChI=1S/C12H21NO/c1-2-4-9-5-3-6-10-7-8-13-12(14)11(9)10/h9-11H,2-8H2,1H3,(H,13,14). The van der Waals surface area contributed by atoms with E-state index in [0.717, 1.165) is 6.54 Å². The van der Waals surface area contributed by atoms with Gasteiger partial charge in [-0.05, 0) is 37.5 Å². The Kier molecular flexibility index (Phi) is 3.09. The number of amides is 1. The maximum atomic E-state index is 11.8. The Balaban J connectivity index is 2.06. The van der Waals surface area contributed by atoms with Gasteiger partial charge >= 0.3 is 0 Å². The number of nitrogens with one attached hydrogen (secondary N) is 1. The van der Waals surface area contributed by atoms with Crippen LogP contribution in [0.25, 0.3) is 0 Å². The molecule has 0 aromatic rings. The van der Waals surface area contributed by atoms with Crippen LogP contribution in [0.2, 0.25) is 0 Å². The number of carbonyl (C=O) groups is 1. The second-order valence-corrected chi connectivity index (χ2v) is 4.85. The highest BCUT2D eigenvalue weighted by molar-refractivity contribution is 5.80. The van der Waals surface area contributed by atoms with E-state index in [0.29, 0.717) is 23.7 Å². The molecule has 2 rings (SSSR count). The smallest absolute Gasteiger partial charge is 0.223 e. The highest BCUT2D eigenvalue weighted by atomic mass is 16.2. The molecule has 0 radical (unpaired) electrons. The highest BCUT2D eigenvalue weighted by Gasteiger charge is 2.39. The van der Waals surface area contributed by atoms with E-state index >= 15 is 0 Å². The molecule has 2 fully saturated rings. The molecule has 1 saturated carbocycles. The number of hydrogen-bond donors (Lipinski definition) is 1. The Morgan fingerprint density at radius 2 is 2.21 bits per heavy atom. The van der Waals surface area contributed by atoms with E-state index in [9.17, 15) is 4.79 Å². The third-order valence-corrected chi connectivity index (χ3v) is 3.94. The summed E-state index contributed by atoms with van der Waals surface area (Å²) in [6, 6.07) is 0. The molecule has 2 heteroatoms. The maximum absolute atomic E-state index is 11.8. The summed E-state index contributed by atoms with van der Waals surface area (Å²) in [6.45, 7) is 3.14. The summed E-state index contributed by atoms with van der Waals surface area (Å²) in [5.74, 6) is 2.09. The normalized spacial score (nSPS) is 37.5. The predicted octanol–water partition coefficient (Wildman–Crippen LogP) is 2.34. The van der Waals surface area contributed by atoms with Crippen molar-refractivity contribution in [1.82, 2.24) is 5.32 Å². The summed E-state index contributed by atoms with van der Waals surface area (Å²) in [5.41, 5.74) is 0. The molecule has 2 nitrogen and oxygen atoms in total. The Hall–Kier alpha value is -0.530. The number of rotatable bonds is 2. The third-order valence-electron chi connectivity index (χ3n) is 3.94. The Labute approximate surface area is 86.5 Å². The van der Waals surface area contributed by atoms with E-state index in [1.54, 1.807) is 0 Å². The van der Waals surface area contributed by atoms with Crippen LogP contribution in [0.15, 0.2) is 0 Å². The van der Waals surface area contributed by atoms with Crippen LogP contribution in [0, 0.1) is 17.8 Å². The predicted molar refractivity (Wildman–Crippen MR) is 56.9 cm³/mol. The van der Waals surface area contributed by atoms with Crippen molar-refractivity contribution in [2.45, 2.75) is 45.4 Å². The van der Waals surface area contributed by atoms with Crippen molar-refractivity contribution in [1.29, 1.82) is 0 Å². The first-order valence-corrected chi connectivity index (χ1v) is 6.10. The van der Waals surface area contributed by atoms with E-state index in [4.69, 9.17) is 0 Å². The Morgan fingerprint density at radius 1 is 1.36 bits per heavy atom. The molecule has 0 aromatic heterocycles. The quantitative estimate of drug-likeness (QED) is 0.720. The first kappa shape index (κ1) is 10.0. The number of fused-ring (bicyclic) bond motifs is 1. The molecule has 0 aromatic carbocycles. The molecule has 2 aliphatic rings. The molecule has 0 bridgehead atoms. The summed E-state index contributed by atoms with van der Waals surface area (Å²) in [5, 5.41) is 3.03. The van der Waals surface area contributed by atoms with E-state index in [1.807, 2.05) is 0 Å². The molecule has 3 unspecified atom stereocenters. The van der Waals surface area contributed by atoms with Crippen molar-refractivity contribution in [3.05, 3.63) is 0 Å². The van der Waals surface area contributed by atoms with Crippen LogP contribution in [0.4, 0.5) is 0 Å². The lowest BCUT2D eigenvalue weighted by atomic mass is 9.67. The molecule has 1 aliphatic heterocycles. The summed E-state index contributed by atoms with van der Waals surface area (Å²) in [6.07, 6.45) is 7.60. The molecule has 3 atom stereocenters. The molecular formula is C12H21NO. The molecule has 1 heterocycles.